The highest BCUT2D eigenvalue weighted by atomic mass is 16.5. The standard InChI is InChI=1S/C10H13N5O2/c1-4-17-10(16)9(7-14(2)3)15-6-8(5-11)12-13-15/h6-7H,4H2,1-3H3/b9-7+. The molecule has 7 heteroatoms. The van der Waals surface area contributed by atoms with Crippen molar-refractivity contribution in [3.8, 4) is 6.07 Å². The Morgan fingerprint density at radius 3 is 2.88 bits per heavy atom. The molecule has 0 saturated heterocycles. The molecule has 1 rings (SSSR count). The fourth-order valence-electron chi connectivity index (χ4n) is 1.09. The lowest BCUT2D eigenvalue weighted by molar-refractivity contribution is -0.136. The predicted molar refractivity (Wildman–Crippen MR) is 59.3 cm³/mol. The van der Waals surface area contributed by atoms with Gasteiger partial charge in [0.25, 0.3) is 0 Å². The van der Waals surface area contributed by atoms with Crippen molar-refractivity contribution in [2.75, 3.05) is 20.7 Å². The second-order valence-corrected chi connectivity index (χ2v) is 3.36. The van der Waals surface area contributed by atoms with E-state index in [0.717, 1.165) is 0 Å². The van der Waals surface area contributed by atoms with E-state index in [1.165, 1.54) is 10.9 Å². The number of hydrogen-bond donors (Lipinski definition) is 0. The van der Waals surface area contributed by atoms with Crippen molar-refractivity contribution in [1.29, 1.82) is 5.26 Å². The molecule has 7 nitrogen and oxygen atoms in total. The Morgan fingerprint density at radius 2 is 2.41 bits per heavy atom. The van der Waals surface area contributed by atoms with Crippen LogP contribution in [0, 0.1) is 11.3 Å². The van der Waals surface area contributed by atoms with Crippen LogP contribution in [-0.4, -0.2) is 46.6 Å². The fraction of sp³-hybridized carbons (Fsp3) is 0.400. The van der Waals surface area contributed by atoms with Gasteiger partial charge in [0.05, 0.1) is 12.8 Å². The molecule has 0 N–H and O–H groups in total. The Morgan fingerprint density at radius 1 is 1.71 bits per heavy atom. The monoisotopic (exact) mass is 235 g/mol. The van der Waals surface area contributed by atoms with Crippen LogP contribution in [0.25, 0.3) is 5.70 Å². The van der Waals surface area contributed by atoms with Crippen molar-refractivity contribution in [2.45, 2.75) is 6.92 Å². The van der Waals surface area contributed by atoms with Gasteiger partial charge in [0.2, 0.25) is 0 Å². The van der Waals surface area contributed by atoms with E-state index in [1.807, 2.05) is 6.07 Å². The molecule has 0 amide bonds. The van der Waals surface area contributed by atoms with Crippen molar-refractivity contribution in [2.24, 2.45) is 0 Å². The van der Waals surface area contributed by atoms with Crippen molar-refractivity contribution >= 4 is 11.7 Å². The lowest BCUT2D eigenvalue weighted by Gasteiger charge is -2.10. The van der Waals surface area contributed by atoms with Crippen molar-refractivity contribution in [3.63, 3.8) is 0 Å². The van der Waals surface area contributed by atoms with Gasteiger partial charge in [0.1, 0.15) is 6.07 Å². The summed E-state index contributed by atoms with van der Waals surface area (Å²) in [5, 5.41) is 15.9. The third-order valence-electron chi connectivity index (χ3n) is 1.72. The molecule has 0 aliphatic heterocycles. The molecule has 0 fully saturated rings. The highest BCUT2D eigenvalue weighted by Crippen LogP contribution is 2.07. The number of nitriles is 1. The Balaban J connectivity index is 3.07. The lowest BCUT2D eigenvalue weighted by Crippen LogP contribution is -2.16. The molecule has 90 valence electrons. The average molecular weight is 235 g/mol. The summed E-state index contributed by atoms with van der Waals surface area (Å²) >= 11 is 0. The summed E-state index contributed by atoms with van der Waals surface area (Å²) in [6, 6.07) is 1.84. The number of ether oxygens (including phenoxy) is 1. The van der Waals surface area contributed by atoms with Gasteiger partial charge >= 0.3 is 5.97 Å². The first kappa shape index (κ1) is 12.7. The molecular weight excluding hydrogens is 222 g/mol. The van der Waals surface area contributed by atoms with E-state index in [1.54, 1.807) is 32.1 Å². The fourth-order valence-corrected chi connectivity index (χ4v) is 1.09. The maximum atomic E-state index is 11.7. The minimum absolute atomic E-state index is 0.138. The summed E-state index contributed by atoms with van der Waals surface area (Å²) < 4.78 is 6.12. The second kappa shape index (κ2) is 5.65. The quantitative estimate of drug-likeness (QED) is 0.542. The summed E-state index contributed by atoms with van der Waals surface area (Å²) in [6.07, 6.45) is 2.92. The second-order valence-electron chi connectivity index (χ2n) is 3.36. The highest BCUT2D eigenvalue weighted by molar-refractivity contribution is 6.09. The van der Waals surface area contributed by atoms with Crippen LogP contribution in [0.4, 0.5) is 0 Å². The Labute approximate surface area is 98.9 Å². The molecule has 0 aliphatic carbocycles. The molecule has 0 radical (unpaired) electrons. The van der Waals surface area contributed by atoms with E-state index in [-0.39, 0.29) is 18.0 Å². The molecule has 0 spiro atoms. The van der Waals surface area contributed by atoms with E-state index in [4.69, 9.17) is 10.00 Å². The first-order valence-electron chi connectivity index (χ1n) is 4.96. The van der Waals surface area contributed by atoms with Crippen LogP contribution in [0.1, 0.15) is 12.6 Å². The molecule has 0 unspecified atom stereocenters. The molecule has 1 aromatic rings. The largest absolute Gasteiger partial charge is 0.461 e. The van der Waals surface area contributed by atoms with Gasteiger partial charge in [0, 0.05) is 20.3 Å². The summed E-state index contributed by atoms with van der Waals surface area (Å²) in [5.74, 6) is -0.518. The van der Waals surface area contributed by atoms with E-state index in [9.17, 15) is 4.79 Å². The topological polar surface area (TPSA) is 84.0 Å². The minimum Gasteiger partial charge on any atom is -0.461 e. The summed E-state index contributed by atoms with van der Waals surface area (Å²) in [7, 11) is 3.53. The number of rotatable bonds is 4. The Hall–Kier alpha value is -2.36. The van der Waals surface area contributed by atoms with Gasteiger partial charge in [-0.15, -0.1) is 5.10 Å². The normalized spacial score (nSPS) is 10.8. The van der Waals surface area contributed by atoms with Crippen LogP contribution in [0.2, 0.25) is 0 Å². The summed E-state index contributed by atoms with van der Waals surface area (Å²) in [6.45, 7) is 1.98. The van der Waals surface area contributed by atoms with E-state index in [0.29, 0.717) is 0 Å². The van der Waals surface area contributed by atoms with E-state index >= 15 is 0 Å². The molecule has 0 atom stereocenters. The lowest BCUT2D eigenvalue weighted by atomic mass is 10.4. The Bertz CT molecular complexity index is 469. The molecular formula is C10H13N5O2. The zero-order chi connectivity index (χ0) is 12.8. The predicted octanol–water partition coefficient (Wildman–Crippen LogP) is 0.0729. The van der Waals surface area contributed by atoms with Crippen molar-refractivity contribution < 1.29 is 9.53 Å². The van der Waals surface area contributed by atoms with Crippen LogP contribution in [0.3, 0.4) is 0 Å². The highest BCUT2D eigenvalue weighted by Gasteiger charge is 2.15. The molecule has 1 heterocycles. The van der Waals surface area contributed by atoms with Crippen molar-refractivity contribution in [1.82, 2.24) is 19.9 Å². The summed E-state index contributed by atoms with van der Waals surface area (Å²) in [4.78, 5) is 13.4. The SMILES string of the molecule is CCOC(=O)/C(=C\N(C)C)n1cc(C#N)nn1. The smallest absolute Gasteiger partial charge is 0.358 e. The van der Waals surface area contributed by atoms with E-state index < -0.39 is 5.97 Å². The number of aromatic nitrogens is 3. The minimum atomic E-state index is -0.518. The van der Waals surface area contributed by atoms with Crippen LogP contribution in [0.15, 0.2) is 12.4 Å². The molecule has 0 aliphatic rings. The third kappa shape index (κ3) is 3.31. The molecule has 0 bridgehead atoms. The molecule has 0 saturated carbocycles. The first-order chi connectivity index (χ1) is 8.08. The zero-order valence-corrected chi connectivity index (χ0v) is 9.91. The van der Waals surface area contributed by atoms with Gasteiger partial charge in [-0.05, 0) is 6.92 Å². The maximum absolute atomic E-state index is 11.7. The number of esters is 1. The van der Waals surface area contributed by atoms with Crippen LogP contribution in [0.5, 0.6) is 0 Å². The third-order valence-corrected chi connectivity index (χ3v) is 1.72. The van der Waals surface area contributed by atoms with Crippen LogP contribution >= 0.6 is 0 Å². The van der Waals surface area contributed by atoms with E-state index in [2.05, 4.69) is 10.3 Å². The zero-order valence-electron chi connectivity index (χ0n) is 9.91. The number of hydrogen-bond acceptors (Lipinski definition) is 6. The number of carbonyl (C=O) groups is 1. The van der Waals surface area contributed by atoms with Gasteiger partial charge in [0.15, 0.2) is 11.4 Å². The first-order valence-corrected chi connectivity index (χ1v) is 4.96. The average Bonchev–Trinajstić information content (AvgIpc) is 2.74. The van der Waals surface area contributed by atoms with Gasteiger partial charge in [-0.2, -0.15) is 5.26 Å². The number of nitrogens with zero attached hydrogens (tertiary/aromatic N) is 5. The van der Waals surface area contributed by atoms with Gasteiger partial charge in [-0.25, -0.2) is 9.48 Å². The summed E-state index contributed by atoms with van der Waals surface area (Å²) in [5.41, 5.74) is 0.338. The molecule has 1 aromatic heterocycles. The van der Waals surface area contributed by atoms with Crippen molar-refractivity contribution in [3.05, 3.63) is 18.1 Å². The molecule has 0 aromatic carbocycles. The number of carbonyl (C=O) groups excluding carboxylic acids is 1. The maximum Gasteiger partial charge on any atom is 0.358 e. The van der Waals surface area contributed by atoms with Gasteiger partial charge in [-0.1, -0.05) is 5.21 Å². The van der Waals surface area contributed by atoms with Gasteiger partial charge in [-0.3, -0.25) is 0 Å². The van der Waals surface area contributed by atoms with Crippen LogP contribution in [-0.2, 0) is 9.53 Å². The van der Waals surface area contributed by atoms with Crippen LogP contribution < -0.4 is 0 Å². The Kier molecular flexibility index (Phi) is 4.22. The van der Waals surface area contributed by atoms with Gasteiger partial charge < -0.3 is 9.64 Å². The molecule has 17 heavy (non-hydrogen) atoms.